The maximum Gasteiger partial charge on any atom is 0.200 e. The Morgan fingerprint density at radius 3 is 2.07 bits per heavy atom. The molecule has 78 valence electrons. The van der Waals surface area contributed by atoms with E-state index in [0.717, 1.165) is 0 Å². The second-order valence-corrected chi connectivity index (χ2v) is 2.67. The van der Waals surface area contributed by atoms with Crippen LogP contribution in [-0.4, -0.2) is 29.5 Å². The van der Waals surface area contributed by atoms with E-state index in [0.29, 0.717) is 0 Å². The summed E-state index contributed by atoms with van der Waals surface area (Å²) in [6.45, 7) is 0. The third-order valence-corrected chi connectivity index (χ3v) is 1.84. The van der Waals surface area contributed by atoms with E-state index in [1.807, 2.05) is 0 Å². The van der Waals surface area contributed by atoms with E-state index < -0.39 is 23.5 Å². The largest absolute Gasteiger partial charge is 0.504 e. The first-order chi connectivity index (χ1) is 6.61. The number of aromatic hydroxyl groups is 3. The number of methoxy groups -OCH3 is 2. The molecule has 0 heterocycles. The number of hydrogen-bond donors (Lipinski definition) is 3. The first-order valence-electron chi connectivity index (χ1n) is 3.91. The fraction of sp³-hybridized carbons (Fsp3) is 0.333. The molecule has 5 nitrogen and oxygen atoms in total. The lowest BCUT2D eigenvalue weighted by molar-refractivity contribution is -0.107. The molecule has 0 fully saturated rings. The Morgan fingerprint density at radius 1 is 1.00 bits per heavy atom. The third-order valence-electron chi connectivity index (χ3n) is 1.84. The predicted octanol–water partition coefficient (Wildman–Crippen LogP) is 1.09. The first-order valence-corrected chi connectivity index (χ1v) is 3.91. The van der Waals surface area contributed by atoms with Crippen molar-refractivity contribution in [1.82, 2.24) is 0 Å². The molecule has 14 heavy (non-hydrogen) atoms. The lowest BCUT2D eigenvalue weighted by Crippen LogP contribution is -2.03. The molecule has 0 radical (unpaired) electrons. The van der Waals surface area contributed by atoms with Gasteiger partial charge in [0.15, 0.2) is 17.8 Å². The molecule has 0 aliphatic carbocycles. The van der Waals surface area contributed by atoms with Crippen LogP contribution >= 0.6 is 0 Å². The van der Waals surface area contributed by atoms with Crippen molar-refractivity contribution in [2.24, 2.45) is 0 Å². The van der Waals surface area contributed by atoms with Crippen LogP contribution in [0, 0.1) is 0 Å². The van der Waals surface area contributed by atoms with E-state index in [2.05, 4.69) is 0 Å². The molecular formula is C9H12O5. The maximum absolute atomic E-state index is 9.44. The zero-order valence-corrected chi connectivity index (χ0v) is 7.89. The molecule has 0 unspecified atom stereocenters. The molecule has 1 rings (SSSR count). The summed E-state index contributed by atoms with van der Waals surface area (Å²) < 4.78 is 9.77. The monoisotopic (exact) mass is 200 g/mol. The lowest BCUT2D eigenvalue weighted by Gasteiger charge is -2.15. The zero-order valence-electron chi connectivity index (χ0n) is 7.89. The van der Waals surface area contributed by atoms with Crippen LogP contribution < -0.4 is 0 Å². The molecule has 0 spiro atoms. The minimum atomic E-state index is -0.776. The predicted molar refractivity (Wildman–Crippen MR) is 48.2 cm³/mol. The quantitative estimate of drug-likeness (QED) is 0.503. The summed E-state index contributed by atoms with van der Waals surface area (Å²) >= 11 is 0. The number of hydrogen-bond acceptors (Lipinski definition) is 5. The highest BCUT2D eigenvalue weighted by atomic mass is 16.7. The Balaban J connectivity index is 3.16. The molecule has 1 aromatic rings. The average molecular weight is 200 g/mol. The Morgan fingerprint density at radius 2 is 1.57 bits per heavy atom. The van der Waals surface area contributed by atoms with Gasteiger partial charge in [-0.25, -0.2) is 0 Å². The van der Waals surface area contributed by atoms with Gasteiger partial charge in [-0.05, 0) is 12.1 Å². The van der Waals surface area contributed by atoms with Gasteiger partial charge in [0.05, 0.1) is 5.56 Å². The van der Waals surface area contributed by atoms with Gasteiger partial charge in [0.1, 0.15) is 0 Å². The third kappa shape index (κ3) is 1.73. The van der Waals surface area contributed by atoms with Gasteiger partial charge in [-0.2, -0.15) is 0 Å². The van der Waals surface area contributed by atoms with Crippen molar-refractivity contribution in [3.05, 3.63) is 17.7 Å². The second kappa shape index (κ2) is 4.17. The van der Waals surface area contributed by atoms with Crippen molar-refractivity contribution in [2.45, 2.75) is 6.29 Å². The minimum Gasteiger partial charge on any atom is -0.504 e. The Kier molecular flexibility index (Phi) is 3.16. The first kappa shape index (κ1) is 10.6. The minimum absolute atomic E-state index is 0.255. The van der Waals surface area contributed by atoms with Crippen LogP contribution in [0.4, 0.5) is 0 Å². The fourth-order valence-electron chi connectivity index (χ4n) is 1.12. The van der Waals surface area contributed by atoms with Gasteiger partial charge >= 0.3 is 0 Å². The normalized spacial score (nSPS) is 10.8. The van der Waals surface area contributed by atoms with Gasteiger partial charge in [-0.3, -0.25) is 0 Å². The van der Waals surface area contributed by atoms with Gasteiger partial charge < -0.3 is 24.8 Å². The van der Waals surface area contributed by atoms with Crippen LogP contribution in [0.5, 0.6) is 17.2 Å². The van der Waals surface area contributed by atoms with Gasteiger partial charge in [0.25, 0.3) is 0 Å². The summed E-state index contributed by atoms with van der Waals surface area (Å²) in [5, 5.41) is 27.7. The van der Waals surface area contributed by atoms with Crippen molar-refractivity contribution in [1.29, 1.82) is 0 Å². The van der Waals surface area contributed by atoms with E-state index in [9.17, 15) is 10.2 Å². The number of ether oxygens (including phenoxy) is 2. The summed E-state index contributed by atoms with van der Waals surface area (Å²) in [5.74, 6) is -1.42. The van der Waals surface area contributed by atoms with Crippen LogP contribution in [-0.2, 0) is 9.47 Å². The van der Waals surface area contributed by atoms with Gasteiger partial charge in [-0.1, -0.05) is 0 Å². The van der Waals surface area contributed by atoms with Crippen LogP contribution in [0.25, 0.3) is 0 Å². The molecular weight excluding hydrogens is 188 g/mol. The second-order valence-electron chi connectivity index (χ2n) is 2.67. The highest BCUT2D eigenvalue weighted by molar-refractivity contribution is 5.53. The van der Waals surface area contributed by atoms with E-state index in [1.54, 1.807) is 0 Å². The van der Waals surface area contributed by atoms with Crippen molar-refractivity contribution in [3.8, 4) is 17.2 Å². The summed E-state index contributed by atoms with van der Waals surface area (Å²) in [7, 11) is 2.80. The number of rotatable bonds is 3. The molecule has 3 N–H and O–H groups in total. The molecule has 0 aliphatic rings. The van der Waals surface area contributed by atoms with Crippen molar-refractivity contribution < 1.29 is 24.8 Å². The zero-order chi connectivity index (χ0) is 10.7. The van der Waals surface area contributed by atoms with Crippen LogP contribution in [0.3, 0.4) is 0 Å². The average Bonchev–Trinajstić information content (AvgIpc) is 2.19. The SMILES string of the molecule is COC(OC)c1ccc(O)c(O)c1O. The highest BCUT2D eigenvalue weighted by Crippen LogP contribution is 2.40. The van der Waals surface area contributed by atoms with Crippen LogP contribution in [0.15, 0.2) is 12.1 Å². The van der Waals surface area contributed by atoms with Crippen molar-refractivity contribution in [2.75, 3.05) is 14.2 Å². The topological polar surface area (TPSA) is 79.2 Å². The molecule has 0 atom stereocenters. The van der Waals surface area contributed by atoms with Gasteiger partial charge in [-0.15, -0.1) is 0 Å². The van der Waals surface area contributed by atoms with Gasteiger partial charge in [0.2, 0.25) is 5.75 Å². The van der Waals surface area contributed by atoms with Crippen LogP contribution in [0.1, 0.15) is 11.9 Å². The summed E-state index contributed by atoms with van der Waals surface area (Å²) in [6.07, 6.45) is -0.776. The molecule has 1 aromatic carbocycles. The molecule has 0 saturated carbocycles. The van der Waals surface area contributed by atoms with Crippen molar-refractivity contribution >= 4 is 0 Å². The molecule has 0 amide bonds. The summed E-state index contributed by atoms with van der Waals surface area (Å²) in [5.41, 5.74) is 0.255. The fourth-order valence-corrected chi connectivity index (χ4v) is 1.12. The lowest BCUT2D eigenvalue weighted by atomic mass is 10.1. The number of benzene rings is 1. The highest BCUT2D eigenvalue weighted by Gasteiger charge is 2.18. The van der Waals surface area contributed by atoms with E-state index in [-0.39, 0.29) is 5.56 Å². The Bertz CT molecular complexity index is 319. The molecule has 0 aromatic heterocycles. The Labute approximate surface area is 81.1 Å². The smallest absolute Gasteiger partial charge is 0.200 e. The van der Waals surface area contributed by atoms with Gasteiger partial charge in [0, 0.05) is 14.2 Å². The number of phenolic OH excluding ortho intramolecular Hbond substituents is 3. The summed E-state index contributed by atoms with van der Waals surface area (Å²) in [4.78, 5) is 0. The summed E-state index contributed by atoms with van der Waals surface area (Å²) in [6, 6.07) is 2.65. The van der Waals surface area contributed by atoms with Crippen molar-refractivity contribution in [3.63, 3.8) is 0 Å². The standard InChI is InChI=1S/C9H12O5/c1-13-9(14-2)5-3-4-6(10)8(12)7(5)11/h3-4,9-12H,1-2H3. The number of phenols is 3. The molecule has 0 bridgehead atoms. The Hall–Kier alpha value is -1.46. The van der Waals surface area contributed by atoms with Crippen LogP contribution in [0.2, 0.25) is 0 Å². The molecule has 0 aliphatic heterocycles. The van der Waals surface area contributed by atoms with E-state index >= 15 is 0 Å². The van der Waals surface area contributed by atoms with E-state index in [1.165, 1.54) is 26.4 Å². The van der Waals surface area contributed by atoms with E-state index in [4.69, 9.17) is 14.6 Å². The molecule has 5 heteroatoms. The maximum atomic E-state index is 9.44. The molecule has 0 saturated heterocycles.